The first kappa shape index (κ1) is 22.5. The molecule has 0 saturated carbocycles. The summed E-state index contributed by atoms with van der Waals surface area (Å²) < 4.78 is 26.9. The Balaban J connectivity index is 1.17. The molecule has 0 aliphatic carbocycles. The molecule has 178 valence electrons. The van der Waals surface area contributed by atoms with Crippen molar-refractivity contribution >= 4 is 22.8 Å². The fourth-order valence-electron chi connectivity index (χ4n) is 5.35. The number of carbonyl (C=O) groups excluding carboxylic acids is 2. The lowest BCUT2D eigenvalue weighted by atomic mass is 9.83. The van der Waals surface area contributed by atoms with E-state index in [9.17, 15) is 18.4 Å². The van der Waals surface area contributed by atoms with Gasteiger partial charge >= 0.3 is 0 Å². The van der Waals surface area contributed by atoms with Crippen molar-refractivity contribution in [1.29, 1.82) is 0 Å². The first-order valence-electron chi connectivity index (χ1n) is 11.9. The highest BCUT2D eigenvalue weighted by molar-refractivity contribution is 5.79. The van der Waals surface area contributed by atoms with Gasteiger partial charge in [0.25, 0.3) is 0 Å². The third-order valence-electron chi connectivity index (χ3n) is 7.10. The van der Waals surface area contributed by atoms with Crippen LogP contribution in [-0.2, 0) is 22.4 Å². The Bertz CT molecular complexity index is 1210. The van der Waals surface area contributed by atoms with Crippen LogP contribution in [0.25, 0.3) is 11.0 Å². The lowest BCUT2D eigenvalue weighted by Gasteiger charge is -2.47. The lowest BCUT2D eigenvalue weighted by Crippen LogP contribution is -2.57. The highest BCUT2D eigenvalue weighted by atomic mass is 19.1. The number of fused-ring (bicyclic) bond motifs is 2. The number of rotatable bonds is 6. The van der Waals surface area contributed by atoms with Gasteiger partial charge in [-0.15, -0.1) is 0 Å². The average molecular weight is 467 g/mol. The van der Waals surface area contributed by atoms with Crippen molar-refractivity contribution in [2.75, 3.05) is 19.6 Å². The van der Waals surface area contributed by atoms with Crippen LogP contribution in [-0.4, -0.2) is 57.3 Å². The highest BCUT2D eigenvalue weighted by Crippen LogP contribution is 2.32. The molecule has 0 radical (unpaired) electrons. The second kappa shape index (κ2) is 9.52. The molecule has 2 aromatic carbocycles. The number of nitrogens with one attached hydrogen (secondary N) is 1. The van der Waals surface area contributed by atoms with E-state index in [-0.39, 0.29) is 35.4 Å². The maximum atomic E-state index is 13.5. The Morgan fingerprint density at radius 3 is 2.79 bits per heavy atom. The summed E-state index contributed by atoms with van der Waals surface area (Å²) in [6.45, 7) is 1.84. The van der Waals surface area contributed by atoms with Crippen molar-refractivity contribution in [3.05, 3.63) is 65.5 Å². The van der Waals surface area contributed by atoms with Gasteiger partial charge in [0.2, 0.25) is 11.8 Å². The van der Waals surface area contributed by atoms with Gasteiger partial charge in [-0.2, -0.15) is 0 Å². The highest BCUT2D eigenvalue weighted by Gasteiger charge is 2.40. The second-order valence-corrected chi connectivity index (χ2v) is 9.31. The van der Waals surface area contributed by atoms with Crippen LogP contribution in [0, 0.1) is 17.6 Å². The fraction of sp³-hybridized carbons (Fsp3) is 0.423. The van der Waals surface area contributed by atoms with Crippen LogP contribution < -0.4 is 0 Å². The number of halogens is 2. The van der Waals surface area contributed by atoms with Crippen LogP contribution in [0.15, 0.2) is 42.5 Å². The van der Waals surface area contributed by atoms with E-state index in [1.807, 2.05) is 15.9 Å². The quantitative estimate of drug-likeness (QED) is 0.600. The Kier molecular flexibility index (Phi) is 6.30. The zero-order valence-electron chi connectivity index (χ0n) is 19.0. The maximum Gasteiger partial charge on any atom is 0.223 e. The second-order valence-electron chi connectivity index (χ2n) is 9.31. The number of hydrogen-bond donors (Lipinski definition) is 1. The molecule has 1 N–H and O–H groups in total. The van der Waals surface area contributed by atoms with Crippen molar-refractivity contribution in [1.82, 2.24) is 19.8 Å². The molecule has 2 aliphatic rings. The van der Waals surface area contributed by atoms with Crippen LogP contribution in [0.5, 0.6) is 0 Å². The van der Waals surface area contributed by atoms with E-state index in [0.29, 0.717) is 62.2 Å². The van der Waals surface area contributed by atoms with Crippen molar-refractivity contribution < 1.29 is 18.4 Å². The number of benzene rings is 2. The zero-order valence-corrected chi connectivity index (χ0v) is 19.0. The SMILES string of the molecule is O=C(CCc1nc2ccc(F)cc2[nH]1)N1CC[C@H]2[C@H](CCC(=O)N2CCc2cccc(F)c2)C1. The summed E-state index contributed by atoms with van der Waals surface area (Å²) >= 11 is 0. The molecule has 3 heterocycles. The summed E-state index contributed by atoms with van der Waals surface area (Å²) in [6, 6.07) is 11.1. The Morgan fingerprint density at radius 1 is 1.09 bits per heavy atom. The van der Waals surface area contributed by atoms with Gasteiger partial charge in [-0.3, -0.25) is 9.59 Å². The molecule has 2 amide bonds. The molecule has 2 aliphatic heterocycles. The van der Waals surface area contributed by atoms with Crippen LogP contribution in [0.2, 0.25) is 0 Å². The summed E-state index contributed by atoms with van der Waals surface area (Å²) in [6.07, 6.45) is 3.46. The molecule has 0 bridgehead atoms. The third-order valence-corrected chi connectivity index (χ3v) is 7.10. The number of H-pyrrole nitrogens is 1. The molecule has 34 heavy (non-hydrogen) atoms. The van der Waals surface area contributed by atoms with Gasteiger partial charge in [-0.25, -0.2) is 13.8 Å². The van der Waals surface area contributed by atoms with Gasteiger partial charge in [-0.05, 0) is 61.1 Å². The Morgan fingerprint density at radius 2 is 1.94 bits per heavy atom. The molecule has 6 nitrogen and oxygen atoms in total. The molecular weight excluding hydrogens is 438 g/mol. The number of carbonyl (C=O) groups is 2. The van der Waals surface area contributed by atoms with Gasteiger partial charge < -0.3 is 14.8 Å². The first-order chi connectivity index (χ1) is 16.5. The van der Waals surface area contributed by atoms with Crippen LogP contribution >= 0.6 is 0 Å². The number of nitrogens with zero attached hydrogens (tertiary/aromatic N) is 3. The monoisotopic (exact) mass is 466 g/mol. The largest absolute Gasteiger partial charge is 0.342 e. The number of aromatic nitrogens is 2. The van der Waals surface area contributed by atoms with Crippen molar-refractivity contribution in [2.45, 2.75) is 44.6 Å². The number of hydrogen-bond acceptors (Lipinski definition) is 3. The van der Waals surface area contributed by atoms with Crippen LogP contribution in [0.1, 0.15) is 37.1 Å². The molecule has 3 aromatic rings. The van der Waals surface area contributed by atoms with Crippen molar-refractivity contribution in [2.24, 2.45) is 5.92 Å². The smallest absolute Gasteiger partial charge is 0.223 e. The van der Waals surface area contributed by atoms with E-state index in [1.165, 1.54) is 24.3 Å². The van der Waals surface area contributed by atoms with E-state index in [0.717, 1.165) is 18.4 Å². The molecule has 2 saturated heterocycles. The van der Waals surface area contributed by atoms with Crippen molar-refractivity contribution in [3.8, 4) is 0 Å². The van der Waals surface area contributed by atoms with Gasteiger partial charge in [0.15, 0.2) is 0 Å². The number of imidazole rings is 1. The molecule has 8 heteroatoms. The minimum Gasteiger partial charge on any atom is -0.342 e. The van der Waals surface area contributed by atoms with Gasteiger partial charge in [-0.1, -0.05) is 12.1 Å². The lowest BCUT2D eigenvalue weighted by molar-refractivity contribution is -0.144. The van der Waals surface area contributed by atoms with E-state index >= 15 is 0 Å². The Hall–Kier alpha value is -3.29. The minimum absolute atomic E-state index is 0.0771. The van der Waals surface area contributed by atoms with Crippen LogP contribution in [0.4, 0.5) is 8.78 Å². The summed E-state index contributed by atoms with van der Waals surface area (Å²) in [5, 5.41) is 0. The fourth-order valence-corrected chi connectivity index (χ4v) is 5.35. The molecule has 0 spiro atoms. The van der Waals surface area contributed by atoms with E-state index in [4.69, 9.17) is 0 Å². The van der Waals surface area contributed by atoms with Crippen molar-refractivity contribution in [3.63, 3.8) is 0 Å². The zero-order chi connectivity index (χ0) is 23.7. The topological polar surface area (TPSA) is 69.3 Å². The summed E-state index contributed by atoms with van der Waals surface area (Å²) in [5.74, 6) is 0.583. The predicted octanol–water partition coefficient (Wildman–Crippen LogP) is 3.86. The third kappa shape index (κ3) is 4.81. The van der Waals surface area contributed by atoms with E-state index < -0.39 is 0 Å². The van der Waals surface area contributed by atoms with Gasteiger partial charge in [0.05, 0.1) is 11.0 Å². The normalized spacial score (nSPS) is 20.6. The number of piperidine rings is 2. The van der Waals surface area contributed by atoms with E-state index in [1.54, 1.807) is 12.1 Å². The van der Waals surface area contributed by atoms with E-state index in [2.05, 4.69) is 9.97 Å². The minimum atomic E-state index is -0.322. The number of amides is 2. The predicted molar refractivity (Wildman–Crippen MR) is 124 cm³/mol. The maximum absolute atomic E-state index is 13.5. The number of aromatic amines is 1. The molecule has 2 fully saturated rings. The van der Waals surface area contributed by atoms with Gasteiger partial charge in [0.1, 0.15) is 17.5 Å². The molecule has 2 atom stereocenters. The molecule has 5 rings (SSSR count). The molecule has 1 aromatic heterocycles. The standard InChI is InChI=1S/C26H28F2N4O2/c27-19-3-1-2-17(14-19)10-13-32-23-11-12-31(16-18(23)4-8-26(32)34)25(33)9-7-24-29-21-6-5-20(28)15-22(21)30-24/h1-3,5-6,14-15,18,23H,4,7-13,16H2,(H,29,30)/t18-,23+/m1/s1. The number of likely N-dealkylation sites (tertiary alicyclic amines) is 2. The summed E-state index contributed by atoms with van der Waals surface area (Å²) in [7, 11) is 0. The first-order valence-corrected chi connectivity index (χ1v) is 11.9. The molecule has 0 unspecified atom stereocenters. The summed E-state index contributed by atoms with van der Waals surface area (Å²) in [4.78, 5) is 37.0. The van der Waals surface area contributed by atoms with Gasteiger partial charge in [0, 0.05) is 44.9 Å². The Labute approximate surface area is 197 Å². The molecular formula is C26H28F2N4O2. The average Bonchev–Trinajstić information content (AvgIpc) is 3.23. The van der Waals surface area contributed by atoms with Crippen LogP contribution in [0.3, 0.4) is 0 Å². The number of aryl methyl sites for hydroxylation is 1. The summed E-state index contributed by atoms with van der Waals surface area (Å²) in [5.41, 5.74) is 2.21.